The van der Waals surface area contributed by atoms with Gasteiger partial charge < -0.3 is 38.6 Å². The third kappa shape index (κ3) is 9.33. The molecule has 58 heavy (non-hydrogen) atoms. The Hall–Kier alpha value is -3.76. The number of fused-ring (bicyclic) bond motifs is 1. The van der Waals surface area contributed by atoms with E-state index in [1.807, 2.05) is 70.1 Å². The lowest BCUT2D eigenvalue weighted by molar-refractivity contribution is -0.295. The number of Topliss-reactive ketones (excluding diaryl/α,β-unsaturated/α-hetero) is 2. The quantitative estimate of drug-likeness (QED) is 0.184. The number of aromatic nitrogens is 3. The van der Waals surface area contributed by atoms with Crippen LogP contribution in [0.15, 0.2) is 36.7 Å². The molecule has 15 nitrogen and oxygen atoms in total. The predicted molar refractivity (Wildman–Crippen MR) is 214 cm³/mol. The van der Waals surface area contributed by atoms with E-state index in [1.165, 1.54) is 14.0 Å². The number of unbranched alkanes of at least 4 members (excludes halogenated alkanes) is 1. The molecular weight excluding hydrogens is 746 g/mol. The number of ketones is 2. The number of methoxy groups -OCH3 is 1. The molecule has 1 N–H and O–H groups in total. The van der Waals surface area contributed by atoms with Crippen molar-refractivity contribution >= 4 is 23.6 Å². The molecule has 1 aromatic heterocycles. The van der Waals surface area contributed by atoms with Crippen LogP contribution in [0.5, 0.6) is 0 Å². The van der Waals surface area contributed by atoms with Gasteiger partial charge in [0.25, 0.3) is 0 Å². The minimum absolute atomic E-state index is 0.127. The first-order chi connectivity index (χ1) is 27.4. The van der Waals surface area contributed by atoms with Crippen molar-refractivity contribution in [2.45, 2.75) is 148 Å². The number of aryl methyl sites for hydroxylation is 1. The lowest BCUT2D eigenvalue weighted by Crippen LogP contribution is -2.60. The highest BCUT2D eigenvalue weighted by molar-refractivity contribution is 6.00. The van der Waals surface area contributed by atoms with Gasteiger partial charge in [0.2, 0.25) is 0 Å². The molecule has 0 spiro atoms. The van der Waals surface area contributed by atoms with Crippen LogP contribution in [-0.4, -0.2) is 135 Å². The molecule has 0 aliphatic carbocycles. The molecule has 3 saturated heterocycles. The monoisotopic (exact) mass is 811 g/mol. The Balaban J connectivity index is 1.43. The minimum atomic E-state index is -1.41. The van der Waals surface area contributed by atoms with Gasteiger partial charge in [0, 0.05) is 49.6 Å². The van der Waals surface area contributed by atoms with Gasteiger partial charge in [-0.1, -0.05) is 58.0 Å². The SMILES string of the molecule is CC[C@H]1OC(=O)[C@H](C)C(=O)[C@H](C)[C@@H](O[C@@H]2O[C@H](C)C[C@H](N(C)C)[C@H]2O)[C@](C)(OC)C[C@@H](C)C(=O)[C@H](C)[C@H]2N(CCCCn3cnc(-c4ccccc4)n3)C(=O)O[C@]12C. The Bertz CT molecular complexity index is 1740. The van der Waals surface area contributed by atoms with Crippen LogP contribution in [0.4, 0.5) is 4.79 Å². The van der Waals surface area contributed by atoms with Gasteiger partial charge in [-0.2, -0.15) is 5.10 Å². The van der Waals surface area contributed by atoms with Crippen molar-refractivity contribution in [1.29, 1.82) is 0 Å². The molecule has 1 amide bonds. The van der Waals surface area contributed by atoms with Crippen LogP contribution in [0.25, 0.3) is 11.4 Å². The zero-order valence-electron chi connectivity index (χ0n) is 36.1. The maximum absolute atomic E-state index is 14.7. The second-order valence-corrected chi connectivity index (χ2v) is 17.3. The van der Waals surface area contributed by atoms with Crippen LogP contribution in [0.3, 0.4) is 0 Å². The van der Waals surface area contributed by atoms with E-state index in [1.54, 1.807) is 43.6 Å². The fourth-order valence-electron chi connectivity index (χ4n) is 9.39. The van der Waals surface area contributed by atoms with Gasteiger partial charge in [0.05, 0.1) is 23.9 Å². The number of aliphatic hydroxyl groups is 1. The maximum atomic E-state index is 14.7. The van der Waals surface area contributed by atoms with E-state index >= 15 is 0 Å². The molecule has 0 saturated carbocycles. The molecule has 3 aliphatic rings. The Labute approximate surface area is 343 Å². The summed E-state index contributed by atoms with van der Waals surface area (Å²) in [5.41, 5.74) is -1.76. The third-order valence-corrected chi connectivity index (χ3v) is 12.8. The molecule has 0 bridgehead atoms. The zero-order valence-corrected chi connectivity index (χ0v) is 36.1. The van der Waals surface area contributed by atoms with E-state index in [-0.39, 0.29) is 37.3 Å². The summed E-state index contributed by atoms with van der Waals surface area (Å²) < 4.78 is 33.0. The topological polar surface area (TPSA) is 172 Å². The number of amides is 1. The average molecular weight is 812 g/mol. The number of cyclic esters (lactones) is 1. The molecule has 13 atom stereocenters. The van der Waals surface area contributed by atoms with Crippen molar-refractivity contribution in [2.75, 3.05) is 27.7 Å². The number of hydrogen-bond acceptors (Lipinski definition) is 13. The summed E-state index contributed by atoms with van der Waals surface area (Å²) in [6.45, 7) is 14.8. The first-order valence-electron chi connectivity index (χ1n) is 20.8. The number of rotatable bonds is 11. The average Bonchev–Trinajstić information content (AvgIpc) is 3.78. The van der Waals surface area contributed by atoms with Gasteiger partial charge in [-0.25, -0.2) is 9.78 Å². The number of benzene rings is 1. The van der Waals surface area contributed by atoms with Crippen molar-refractivity contribution in [3.8, 4) is 11.4 Å². The van der Waals surface area contributed by atoms with E-state index in [9.17, 15) is 24.3 Å². The smallest absolute Gasteiger partial charge is 0.410 e. The normalized spacial score (nSPS) is 36.7. The van der Waals surface area contributed by atoms with Crippen molar-refractivity contribution in [3.05, 3.63) is 36.7 Å². The lowest BCUT2D eigenvalue weighted by atomic mass is 9.73. The Morgan fingerprint density at radius 2 is 1.64 bits per heavy atom. The number of carbonyl (C=O) groups excluding carboxylic acids is 4. The minimum Gasteiger partial charge on any atom is -0.458 e. The predicted octanol–water partition coefficient (Wildman–Crippen LogP) is 4.93. The fourth-order valence-corrected chi connectivity index (χ4v) is 9.39. The molecule has 5 rings (SSSR count). The van der Waals surface area contributed by atoms with Gasteiger partial charge in [-0.15, -0.1) is 0 Å². The van der Waals surface area contributed by atoms with E-state index in [2.05, 4.69) is 10.1 Å². The van der Waals surface area contributed by atoms with Gasteiger partial charge in [-0.05, 0) is 73.9 Å². The second kappa shape index (κ2) is 18.7. The van der Waals surface area contributed by atoms with E-state index < -0.39 is 83.4 Å². The van der Waals surface area contributed by atoms with Crippen LogP contribution >= 0.6 is 0 Å². The van der Waals surface area contributed by atoms with Crippen molar-refractivity contribution in [2.24, 2.45) is 23.7 Å². The Morgan fingerprint density at radius 1 is 0.966 bits per heavy atom. The Morgan fingerprint density at radius 3 is 2.28 bits per heavy atom. The van der Waals surface area contributed by atoms with Crippen LogP contribution in [-0.2, 0) is 44.6 Å². The number of nitrogens with zero attached hydrogens (tertiary/aromatic N) is 5. The van der Waals surface area contributed by atoms with Gasteiger partial charge in [-0.3, -0.25) is 19.1 Å². The van der Waals surface area contributed by atoms with Crippen LogP contribution in [0, 0.1) is 23.7 Å². The summed E-state index contributed by atoms with van der Waals surface area (Å²) in [6.07, 6.45) is -1.17. The van der Waals surface area contributed by atoms with E-state index in [0.717, 1.165) is 5.56 Å². The highest BCUT2D eigenvalue weighted by Crippen LogP contribution is 2.43. The first-order valence-corrected chi connectivity index (χ1v) is 20.8. The summed E-state index contributed by atoms with van der Waals surface area (Å²) in [5.74, 6) is -4.35. The first kappa shape index (κ1) is 45.3. The lowest BCUT2D eigenvalue weighted by Gasteiger charge is -2.47. The fraction of sp³-hybridized carbons (Fsp3) is 0.721. The maximum Gasteiger partial charge on any atom is 0.410 e. The number of carbonyl (C=O) groups is 4. The highest BCUT2D eigenvalue weighted by Gasteiger charge is 2.60. The molecular formula is C43H65N5O10. The number of aliphatic hydroxyl groups excluding tert-OH is 1. The van der Waals surface area contributed by atoms with Crippen molar-refractivity contribution in [3.63, 3.8) is 0 Å². The van der Waals surface area contributed by atoms with Crippen molar-refractivity contribution in [1.82, 2.24) is 24.6 Å². The second-order valence-electron chi connectivity index (χ2n) is 17.3. The van der Waals surface area contributed by atoms with Crippen LogP contribution in [0.1, 0.15) is 87.5 Å². The number of esters is 1. The van der Waals surface area contributed by atoms with Crippen LogP contribution < -0.4 is 0 Å². The van der Waals surface area contributed by atoms with Crippen molar-refractivity contribution < 1.29 is 48.0 Å². The van der Waals surface area contributed by atoms with Gasteiger partial charge in [0.1, 0.15) is 30.2 Å². The molecule has 0 radical (unpaired) electrons. The standard InChI is InChI=1S/C43H65N5O10/c1-12-32-43(8)36(48(41(53)58-43)21-17-16-20-47-24-44-38(45-47)30-18-14-13-15-19-30)27(4)33(49)25(2)23-42(7,54-11)37(28(5)34(50)29(6)39(52)56-32)57-40-35(51)31(46(9)10)22-26(3)55-40/h13-15,18-19,24-29,31-32,35-37,40,51H,12,16-17,20-23H2,1-11H3/t25-,26-,27+,28+,29-,31+,32-,35-,36-,37-,40+,42-,43-/m1/s1. The summed E-state index contributed by atoms with van der Waals surface area (Å²) in [7, 11) is 5.24. The third-order valence-electron chi connectivity index (χ3n) is 12.8. The zero-order chi connectivity index (χ0) is 42.7. The molecule has 322 valence electrons. The highest BCUT2D eigenvalue weighted by atomic mass is 16.7. The van der Waals surface area contributed by atoms with Crippen LogP contribution in [0.2, 0.25) is 0 Å². The molecule has 2 aromatic rings. The molecule has 3 aliphatic heterocycles. The molecule has 0 unspecified atom stereocenters. The number of ether oxygens (including phenoxy) is 5. The summed E-state index contributed by atoms with van der Waals surface area (Å²) in [5, 5.41) is 16.0. The van der Waals surface area contributed by atoms with Gasteiger partial charge in [0.15, 0.2) is 23.5 Å². The largest absolute Gasteiger partial charge is 0.458 e. The Kier molecular flexibility index (Phi) is 14.6. The molecule has 3 fully saturated rings. The number of hydrogen-bond donors (Lipinski definition) is 1. The summed E-state index contributed by atoms with van der Waals surface area (Å²) >= 11 is 0. The van der Waals surface area contributed by atoms with E-state index in [4.69, 9.17) is 23.7 Å². The summed E-state index contributed by atoms with van der Waals surface area (Å²) in [4.78, 5) is 64.8. The van der Waals surface area contributed by atoms with Gasteiger partial charge >= 0.3 is 12.1 Å². The molecule has 15 heteroatoms. The van der Waals surface area contributed by atoms with E-state index in [0.29, 0.717) is 31.6 Å². The molecule has 1 aromatic carbocycles. The summed E-state index contributed by atoms with van der Waals surface area (Å²) in [6, 6.07) is 8.62. The number of likely N-dealkylation sites (N-methyl/N-ethyl adjacent to an activating group) is 1. The molecule has 4 heterocycles.